The van der Waals surface area contributed by atoms with Gasteiger partial charge in [-0.25, -0.2) is 0 Å². The lowest BCUT2D eigenvalue weighted by Gasteiger charge is -2.15. The molecule has 0 aliphatic rings. The van der Waals surface area contributed by atoms with E-state index in [0.29, 0.717) is 19.6 Å². The van der Waals surface area contributed by atoms with Gasteiger partial charge < -0.3 is 24.9 Å². The van der Waals surface area contributed by atoms with Gasteiger partial charge in [-0.2, -0.15) is 0 Å². The average Bonchev–Trinajstić information content (AvgIpc) is 2.57. The molecule has 0 aromatic heterocycles. The molecule has 24 heavy (non-hydrogen) atoms. The molecule has 2 N–H and O–H groups in total. The standard InChI is InChI=1S/C18H28N2O4/c1-3-20(4-2)12-13-24-16-7-5-6-15(14-16)10-11-19-17(21)8-9-18(22)23/h5-7,14H,3-4,8-13H2,1-2H3,(H,19,21)(H,22,23). The quantitative estimate of drug-likeness (QED) is 0.522. The Morgan fingerprint density at radius 3 is 2.62 bits per heavy atom. The van der Waals surface area contributed by atoms with E-state index in [4.69, 9.17) is 4.74 Å². The molecule has 1 rings (SSSR count). The number of carbonyl (C=O) groups excluding carboxylic acids is 2. The summed E-state index contributed by atoms with van der Waals surface area (Å²) in [4.78, 5) is 23.2. The molecule has 134 valence electrons. The number of benzene rings is 1. The first-order chi connectivity index (χ1) is 11.5. The van der Waals surface area contributed by atoms with Crippen LogP contribution in [0.5, 0.6) is 5.75 Å². The van der Waals surface area contributed by atoms with Crippen LogP contribution in [-0.2, 0) is 16.0 Å². The Morgan fingerprint density at radius 1 is 1.21 bits per heavy atom. The van der Waals surface area contributed by atoms with E-state index in [2.05, 4.69) is 19.2 Å². The monoisotopic (exact) mass is 336 g/mol. The number of hydrogen-bond acceptors (Lipinski definition) is 4. The third-order valence-corrected chi connectivity index (χ3v) is 3.91. The number of likely N-dealkylation sites (N-methyl/N-ethyl adjacent to an activating group) is 1. The number of aliphatic carboxylic acids is 1. The van der Waals surface area contributed by atoms with E-state index < -0.39 is 5.97 Å². The fraction of sp³-hybridized carbons (Fsp3) is 0.556. The first-order valence-electron chi connectivity index (χ1n) is 8.57. The topological polar surface area (TPSA) is 82.9 Å². The van der Waals surface area contributed by atoms with Crippen LogP contribution in [0.2, 0.25) is 0 Å². The third kappa shape index (κ3) is 8.53. The predicted molar refractivity (Wildman–Crippen MR) is 89.8 cm³/mol. The zero-order valence-electron chi connectivity index (χ0n) is 14.6. The SMILES string of the molecule is CC[NH+](CC)CCOc1cccc(CCNC(=O)CCC(=O)[O-])c1. The summed E-state index contributed by atoms with van der Waals surface area (Å²) in [7, 11) is 0. The number of carboxylic acid groups (broad SMARTS) is 1. The summed E-state index contributed by atoms with van der Waals surface area (Å²) in [5.74, 6) is -0.641. The first-order valence-corrected chi connectivity index (χ1v) is 8.57. The fourth-order valence-corrected chi connectivity index (χ4v) is 2.36. The van der Waals surface area contributed by atoms with Crippen LogP contribution >= 0.6 is 0 Å². The van der Waals surface area contributed by atoms with E-state index in [-0.39, 0.29) is 18.7 Å². The van der Waals surface area contributed by atoms with Crippen LogP contribution in [0, 0.1) is 0 Å². The van der Waals surface area contributed by atoms with Crippen molar-refractivity contribution in [1.29, 1.82) is 0 Å². The van der Waals surface area contributed by atoms with Gasteiger partial charge in [0.25, 0.3) is 0 Å². The number of nitrogens with one attached hydrogen (secondary N) is 2. The molecule has 0 atom stereocenters. The molecule has 1 aromatic rings. The molecule has 0 saturated heterocycles. The van der Waals surface area contributed by atoms with Crippen molar-refractivity contribution in [3.05, 3.63) is 29.8 Å². The van der Waals surface area contributed by atoms with Crippen LogP contribution in [0.15, 0.2) is 24.3 Å². The second-order valence-electron chi connectivity index (χ2n) is 5.67. The van der Waals surface area contributed by atoms with Crippen molar-refractivity contribution in [2.24, 2.45) is 0 Å². The van der Waals surface area contributed by atoms with Crippen LogP contribution < -0.4 is 20.1 Å². The van der Waals surface area contributed by atoms with Crippen molar-refractivity contribution in [1.82, 2.24) is 5.32 Å². The van der Waals surface area contributed by atoms with Gasteiger partial charge in [0.05, 0.1) is 13.1 Å². The summed E-state index contributed by atoms with van der Waals surface area (Å²) in [6.07, 6.45) is 0.387. The number of carboxylic acids is 1. The minimum atomic E-state index is -1.21. The van der Waals surface area contributed by atoms with Crippen molar-refractivity contribution in [3.8, 4) is 5.75 Å². The van der Waals surface area contributed by atoms with Crippen molar-refractivity contribution >= 4 is 11.9 Å². The first kappa shape index (κ1) is 20.0. The molecule has 0 unspecified atom stereocenters. The van der Waals surface area contributed by atoms with Crippen molar-refractivity contribution in [2.45, 2.75) is 33.1 Å². The van der Waals surface area contributed by atoms with E-state index in [0.717, 1.165) is 30.9 Å². The molecule has 1 amide bonds. The highest BCUT2D eigenvalue weighted by Gasteiger charge is 2.04. The summed E-state index contributed by atoms with van der Waals surface area (Å²) in [6, 6.07) is 7.83. The number of rotatable bonds is 12. The largest absolute Gasteiger partial charge is 0.550 e. The summed E-state index contributed by atoms with van der Waals surface area (Å²) in [6.45, 7) is 8.65. The second kappa shape index (κ2) is 11.5. The van der Waals surface area contributed by atoms with Gasteiger partial charge in [-0.15, -0.1) is 0 Å². The molecular weight excluding hydrogens is 308 g/mol. The van der Waals surface area contributed by atoms with E-state index in [9.17, 15) is 14.7 Å². The number of quaternary nitrogens is 1. The van der Waals surface area contributed by atoms with Gasteiger partial charge in [-0.1, -0.05) is 12.1 Å². The third-order valence-electron chi connectivity index (χ3n) is 3.91. The lowest BCUT2D eigenvalue weighted by Crippen LogP contribution is -3.12. The molecule has 0 bridgehead atoms. The highest BCUT2D eigenvalue weighted by Crippen LogP contribution is 2.13. The highest BCUT2D eigenvalue weighted by molar-refractivity contribution is 5.79. The van der Waals surface area contributed by atoms with E-state index in [1.807, 2.05) is 24.3 Å². The molecule has 0 spiro atoms. The molecule has 6 nitrogen and oxygen atoms in total. The van der Waals surface area contributed by atoms with Gasteiger partial charge in [0.15, 0.2) is 0 Å². The predicted octanol–water partition coefficient (Wildman–Crippen LogP) is -0.821. The average molecular weight is 336 g/mol. The van der Waals surface area contributed by atoms with Crippen LogP contribution in [-0.4, -0.2) is 44.7 Å². The van der Waals surface area contributed by atoms with Gasteiger partial charge in [0.1, 0.15) is 18.9 Å². The van der Waals surface area contributed by atoms with Crippen molar-refractivity contribution in [3.63, 3.8) is 0 Å². The van der Waals surface area contributed by atoms with E-state index in [1.165, 1.54) is 4.90 Å². The van der Waals surface area contributed by atoms with Crippen LogP contribution in [0.1, 0.15) is 32.3 Å². The molecule has 1 aromatic carbocycles. The smallest absolute Gasteiger partial charge is 0.220 e. The highest BCUT2D eigenvalue weighted by atomic mass is 16.5. The van der Waals surface area contributed by atoms with E-state index >= 15 is 0 Å². The number of amides is 1. The molecule has 0 aliphatic heterocycles. The van der Waals surface area contributed by atoms with Crippen LogP contribution in [0.25, 0.3) is 0 Å². The molecule has 0 saturated carbocycles. The lowest BCUT2D eigenvalue weighted by molar-refractivity contribution is -0.896. The Morgan fingerprint density at radius 2 is 1.96 bits per heavy atom. The maximum atomic E-state index is 11.4. The summed E-state index contributed by atoms with van der Waals surface area (Å²) < 4.78 is 5.79. The minimum absolute atomic E-state index is 0.0425. The maximum Gasteiger partial charge on any atom is 0.220 e. The van der Waals surface area contributed by atoms with E-state index in [1.54, 1.807) is 0 Å². The second-order valence-corrected chi connectivity index (χ2v) is 5.67. The molecular formula is C18H28N2O4. The Labute approximate surface area is 143 Å². The van der Waals surface area contributed by atoms with Gasteiger partial charge in [0, 0.05) is 18.9 Å². The van der Waals surface area contributed by atoms with Gasteiger partial charge >= 0.3 is 0 Å². The Kier molecular flexibility index (Phi) is 9.53. The van der Waals surface area contributed by atoms with Crippen LogP contribution in [0.4, 0.5) is 0 Å². The molecule has 6 heteroatoms. The Hall–Kier alpha value is -2.08. The Bertz CT molecular complexity index is 515. The van der Waals surface area contributed by atoms with Gasteiger partial charge in [-0.05, 0) is 44.4 Å². The van der Waals surface area contributed by atoms with Crippen molar-refractivity contribution < 1.29 is 24.3 Å². The molecule has 0 radical (unpaired) electrons. The zero-order valence-corrected chi connectivity index (χ0v) is 14.6. The van der Waals surface area contributed by atoms with Gasteiger partial charge in [0.2, 0.25) is 5.91 Å². The summed E-state index contributed by atoms with van der Waals surface area (Å²) in [5, 5.41) is 13.0. The van der Waals surface area contributed by atoms with Gasteiger partial charge in [-0.3, -0.25) is 4.79 Å². The number of carbonyl (C=O) groups is 2. The number of ether oxygens (including phenoxy) is 1. The number of hydrogen-bond donors (Lipinski definition) is 2. The van der Waals surface area contributed by atoms with Crippen molar-refractivity contribution in [2.75, 3.05) is 32.8 Å². The zero-order chi connectivity index (χ0) is 17.8. The lowest BCUT2D eigenvalue weighted by atomic mass is 10.1. The maximum absolute atomic E-state index is 11.4. The molecule has 0 aliphatic carbocycles. The minimum Gasteiger partial charge on any atom is -0.550 e. The molecule has 0 fully saturated rings. The summed E-state index contributed by atoms with van der Waals surface area (Å²) in [5.41, 5.74) is 1.07. The Balaban J connectivity index is 2.32. The summed E-state index contributed by atoms with van der Waals surface area (Å²) >= 11 is 0. The fourth-order valence-electron chi connectivity index (χ4n) is 2.36. The molecule has 0 heterocycles. The van der Waals surface area contributed by atoms with Crippen LogP contribution in [0.3, 0.4) is 0 Å². The normalized spacial score (nSPS) is 10.6.